The van der Waals surface area contributed by atoms with E-state index < -0.39 is 6.29 Å². The average molecular weight is 587 g/mol. The van der Waals surface area contributed by atoms with Crippen LogP contribution in [0.2, 0.25) is 0 Å². The quantitative estimate of drug-likeness (QED) is 0.0363. The van der Waals surface area contributed by atoms with Gasteiger partial charge in [-0.1, -0.05) is 127 Å². The maximum absolute atomic E-state index is 12.0. The van der Waals surface area contributed by atoms with Crippen LogP contribution in [0.3, 0.4) is 0 Å². The summed E-state index contributed by atoms with van der Waals surface area (Å²) < 4.78 is 10.5. The Hall–Kier alpha value is -2.10. The zero-order valence-electron chi connectivity index (χ0n) is 27.8. The third-order valence-electron chi connectivity index (χ3n) is 7.26. The molecule has 0 heterocycles. The van der Waals surface area contributed by atoms with E-state index in [4.69, 9.17) is 9.47 Å². The summed E-state index contributed by atoms with van der Waals surface area (Å²) in [5, 5.41) is 0. The van der Waals surface area contributed by atoms with Crippen LogP contribution in [0.1, 0.15) is 175 Å². The van der Waals surface area contributed by atoms with Crippen LogP contribution in [0, 0.1) is 0 Å². The third kappa shape index (κ3) is 32.4. The van der Waals surface area contributed by atoms with Gasteiger partial charge >= 0.3 is 11.9 Å². The van der Waals surface area contributed by atoms with E-state index in [2.05, 4.69) is 62.5 Å². The number of carbonyl (C=O) groups is 2. The second kappa shape index (κ2) is 33.4. The Morgan fingerprint density at radius 1 is 0.452 bits per heavy atom. The average Bonchev–Trinajstić information content (AvgIpc) is 2.97. The van der Waals surface area contributed by atoms with Crippen LogP contribution in [0.25, 0.3) is 0 Å². The zero-order chi connectivity index (χ0) is 30.8. The molecule has 0 aromatic carbocycles. The summed E-state index contributed by atoms with van der Waals surface area (Å²) in [6, 6.07) is 0. The van der Waals surface area contributed by atoms with Crippen LogP contribution in [0.15, 0.2) is 48.6 Å². The molecule has 0 saturated carbocycles. The fourth-order valence-electron chi connectivity index (χ4n) is 4.67. The molecule has 0 atom stereocenters. The lowest BCUT2D eigenvalue weighted by Gasteiger charge is -2.14. The fraction of sp³-hybridized carbons (Fsp3) is 0.737. The van der Waals surface area contributed by atoms with Crippen LogP contribution >= 0.6 is 0 Å². The van der Waals surface area contributed by atoms with Crippen LogP contribution in [-0.4, -0.2) is 18.2 Å². The highest BCUT2D eigenvalue weighted by molar-refractivity contribution is 5.71. The SMILES string of the molecule is CCCCC/C=C\C/C=C\CCCCCCCC(=O)OC(C)OC(=O)CCCCCCC/C=C\C/C=C\CCCCC. The predicted molar refractivity (Wildman–Crippen MR) is 180 cm³/mol. The summed E-state index contributed by atoms with van der Waals surface area (Å²) in [5.74, 6) is -0.559. The highest BCUT2D eigenvalue weighted by atomic mass is 16.7. The van der Waals surface area contributed by atoms with Gasteiger partial charge < -0.3 is 9.47 Å². The van der Waals surface area contributed by atoms with Gasteiger partial charge in [0.15, 0.2) is 0 Å². The zero-order valence-corrected chi connectivity index (χ0v) is 27.8. The van der Waals surface area contributed by atoms with Gasteiger partial charge in [-0.3, -0.25) is 9.59 Å². The van der Waals surface area contributed by atoms with Gasteiger partial charge in [0.05, 0.1) is 0 Å². The van der Waals surface area contributed by atoms with Gasteiger partial charge in [-0.2, -0.15) is 0 Å². The third-order valence-corrected chi connectivity index (χ3v) is 7.26. The van der Waals surface area contributed by atoms with Crippen LogP contribution in [-0.2, 0) is 19.1 Å². The van der Waals surface area contributed by atoms with E-state index in [0.717, 1.165) is 64.2 Å². The molecule has 0 aliphatic carbocycles. The molecule has 0 amide bonds. The molecule has 0 saturated heterocycles. The maximum Gasteiger partial charge on any atom is 0.308 e. The first-order valence-electron chi connectivity index (χ1n) is 17.6. The van der Waals surface area contributed by atoms with Crippen LogP contribution in [0.5, 0.6) is 0 Å². The first kappa shape index (κ1) is 39.9. The number of rotatable bonds is 30. The Labute approximate surface area is 260 Å². The predicted octanol–water partition coefficient (Wildman–Crippen LogP) is 12.0. The number of ether oxygens (including phenoxy) is 2. The molecule has 0 aromatic rings. The molecule has 4 nitrogen and oxygen atoms in total. The van der Waals surface area contributed by atoms with Gasteiger partial charge in [0.2, 0.25) is 6.29 Å². The first-order chi connectivity index (χ1) is 20.6. The minimum Gasteiger partial charge on any atom is -0.425 e. The van der Waals surface area contributed by atoms with Crippen molar-refractivity contribution in [3.05, 3.63) is 48.6 Å². The number of hydrogen-bond donors (Lipinski definition) is 0. The van der Waals surface area contributed by atoms with Crippen molar-refractivity contribution in [2.75, 3.05) is 0 Å². The monoisotopic (exact) mass is 586 g/mol. The van der Waals surface area contributed by atoms with Crippen molar-refractivity contribution in [2.45, 2.75) is 181 Å². The lowest BCUT2D eigenvalue weighted by atomic mass is 10.1. The molecule has 0 unspecified atom stereocenters. The molecule has 42 heavy (non-hydrogen) atoms. The molecule has 0 radical (unpaired) electrons. The molecule has 0 aliphatic heterocycles. The molecular weight excluding hydrogens is 520 g/mol. The Morgan fingerprint density at radius 3 is 1.12 bits per heavy atom. The molecule has 0 fully saturated rings. The molecule has 0 aromatic heterocycles. The van der Waals surface area contributed by atoms with Gasteiger partial charge in [-0.15, -0.1) is 0 Å². The number of hydrogen-bond acceptors (Lipinski definition) is 4. The molecule has 0 rings (SSSR count). The van der Waals surface area contributed by atoms with E-state index in [1.165, 1.54) is 77.0 Å². The summed E-state index contributed by atoms with van der Waals surface area (Å²) >= 11 is 0. The van der Waals surface area contributed by atoms with Gasteiger partial charge in [-0.25, -0.2) is 0 Å². The van der Waals surface area contributed by atoms with E-state index in [0.29, 0.717) is 12.8 Å². The van der Waals surface area contributed by atoms with E-state index in [-0.39, 0.29) is 11.9 Å². The number of carbonyl (C=O) groups excluding carboxylic acids is 2. The standard InChI is InChI=1S/C38H66O4/c1-4-6-8-10-12-14-16-18-20-22-24-26-28-30-32-34-37(39)41-36(3)42-38(40)35-33-31-29-27-25-23-21-19-17-15-13-11-9-7-5-2/h12-15,18-21,36H,4-11,16-17,22-35H2,1-3H3/b14-12-,15-13-,20-18-,21-19-. The molecule has 4 heteroatoms. The normalized spacial score (nSPS) is 12.1. The largest absolute Gasteiger partial charge is 0.425 e. The molecule has 0 spiro atoms. The number of unbranched alkanes of at least 4 members (excludes halogenated alkanes) is 16. The van der Waals surface area contributed by atoms with Gasteiger partial charge in [0.1, 0.15) is 0 Å². The smallest absolute Gasteiger partial charge is 0.308 e. The van der Waals surface area contributed by atoms with E-state index in [1.807, 2.05) is 0 Å². The van der Waals surface area contributed by atoms with Crippen molar-refractivity contribution in [3.63, 3.8) is 0 Å². The molecule has 0 aliphatic rings. The second-order valence-corrected chi connectivity index (χ2v) is 11.5. The Balaban J connectivity index is 3.54. The van der Waals surface area contributed by atoms with Crippen molar-refractivity contribution in [1.82, 2.24) is 0 Å². The second-order valence-electron chi connectivity index (χ2n) is 11.5. The lowest BCUT2D eigenvalue weighted by Crippen LogP contribution is -2.21. The van der Waals surface area contributed by atoms with Gasteiger partial charge in [-0.05, 0) is 77.0 Å². The van der Waals surface area contributed by atoms with Crippen molar-refractivity contribution >= 4 is 11.9 Å². The van der Waals surface area contributed by atoms with Crippen molar-refractivity contribution < 1.29 is 19.1 Å². The Kier molecular flexibility index (Phi) is 31.7. The molecule has 0 bridgehead atoms. The lowest BCUT2D eigenvalue weighted by molar-refractivity contribution is -0.184. The van der Waals surface area contributed by atoms with Gasteiger partial charge in [0.25, 0.3) is 0 Å². The molecule has 242 valence electrons. The van der Waals surface area contributed by atoms with Crippen molar-refractivity contribution in [1.29, 1.82) is 0 Å². The topological polar surface area (TPSA) is 52.6 Å². The van der Waals surface area contributed by atoms with Gasteiger partial charge in [0, 0.05) is 19.8 Å². The summed E-state index contributed by atoms with van der Waals surface area (Å²) in [7, 11) is 0. The van der Waals surface area contributed by atoms with Crippen molar-refractivity contribution in [3.8, 4) is 0 Å². The van der Waals surface area contributed by atoms with E-state index in [1.54, 1.807) is 6.92 Å². The highest BCUT2D eigenvalue weighted by Gasteiger charge is 2.13. The van der Waals surface area contributed by atoms with E-state index in [9.17, 15) is 9.59 Å². The summed E-state index contributed by atoms with van der Waals surface area (Å²) in [4.78, 5) is 24.1. The minimum absolute atomic E-state index is 0.280. The number of allylic oxidation sites excluding steroid dienone is 8. The fourth-order valence-corrected chi connectivity index (χ4v) is 4.67. The van der Waals surface area contributed by atoms with Crippen molar-refractivity contribution in [2.24, 2.45) is 0 Å². The molecular formula is C38H66O4. The highest BCUT2D eigenvalue weighted by Crippen LogP contribution is 2.12. The molecule has 0 N–H and O–H groups in total. The number of esters is 2. The van der Waals surface area contributed by atoms with Crippen LogP contribution in [0.4, 0.5) is 0 Å². The Bertz CT molecular complexity index is 659. The van der Waals surface area contributed by atoms with Crippen LogP contribution < -0.4 is 0 Å². The Morgan fingerprint density at radius 2 is 0.762 bits per heavy atom. The maximum atomic E-state index is 12.0. The summed E-state index contributed by atoms with van der Waals surface area (Å²) in [5.41, 5.74) is 0. The summed E-state index contributed by atoms with van der Waals surface area (Å²) in [6.07, 6.45) is 43.5. The minimum atomic E-state index is -0.805. The summed E-state index contributed by atoms with van der Waals surface area (Å²) in [6.45, 7) is 6.10. The first-order valence-corrected chi connectivity index (χ1v) is 17.6. The van der Waals surface area contributed by atoms with E-state index >= 15 is 0 Å².